The highest BCUT2D eigenvalue weighted by Gasteiger charge is 2.13. The quantitative estimate of drug-likeness (QED) is 0.584. The van der Waals surface area contributed by atoms with E-state index in [4.69, 9.17) is 5.73 Å². The van der Waals surface area contributed by atoms with Crippen molar-refractivity contribution in [3.05, 3.63) is 41.9 Å². The monoisotopic (exact) mass is 285 g/mol. The molecule has 20 heavy (non-hydrogen) atoms. The molecule has 0 aliphatic rings. The predicted octanol–water partition coefficient (Wildman–Crippen LogP) is 2.75. The summed E-state index contributed by atoms with van der Waals surface area (Å²) >= 11 is 1.53. The SMILES string of the molecule is Nc1ncnc2c1cnn2-c1csc2ccc(F)cc12. The van der Waals surface area contributed by atoms with Crippen molar-refractivity contribution < 1.29 is 4.39 Å². The number of halogens is 1. The van der Waals surface area contributed by atoms with Crippen molar-refractivity contribution in [1.29, 1.82) is 0 Å². The molecule has 0 atom stereocenters. The maximum Gasteiger partial charge on any atom is 0.168 e. The molecular formula is C13H8FN5S. The standard InChI is InChI=1S/C13H8FN5S/c14-7-1-2-11-8(3-7)10(5-20-11)19-13-9(4-18-19)12(15)16-6-17-13/h1-6H,(H2,15,16,17). The fourth-order valence-corrected chi connectivity index (χ4v) is 3.09. The first-order chi connectivity index (χ1) is 9.74. The highest BCUT2D eigenvalue weighted by molar-refractivity contribution is 7.17. The topological polar surface area (TPSA) is 69.6 Å². The molecule has 0 saturated heterocycles. The van der Waals surface area contributed by atoms with Crippen molar-refractivity contribution >= 4 is 38.3 Å². The summed E-state index contributed by atoms with van der Waals surface area (Å²) in [5, 5.41) is 7.71. The smallest absolute Gasteiger partial charge is 0.168 e. The second-order valence-electron chi connectivity index (χ2n) is 4.31. The second kappa shape index (κ2) is 3.97. The zero-order valence-electron chi connectivity index (χ0n) is 10.1. The van der Waals surface area contributed by atoms with Crippen LogP contribution in [0.15, 0.2) is 36.1 Å². The van der Waals surface area contributed by atoms with Crippen LogP contribution in [0.25, 0.3) is 26.8 Å². The van der Waals surface area contributed by atoms with Gasteiger partial charge in [-0.05, 0) is 18.2 Å². The Labute approximate surface area is 116 Å². The van der Waals surface area contributed by atoms with Crippen LogP contribution in [-0.4, -0.2) is 19.7 Å². The van der Waals surface area contributed by atoms with Crippen molar-refractivity contribution in [2.75, 3.05) is 5.73 Å². The van der Waals surface area contributed by atoms with Gasteiger partial charge >= 0.3 is 0 Å². The molecule has 0 aliphatic carbocycles. The van der Waals surface area contributed by atoms with E-state index in [1.54, 1.807) is 16.9 Å². The van der Waals surface area contributed by atoms with Gasteiger partial charge < -0.3 is 5.73 Å². The maximum absolute atomic E-state index is 13.4. The number of nitrogen functional groups attached to an aromatic ring is 1. The van der Waals surface area contributed by atoms with Crippen LogP contribution in [-0.2, 0) is 0 Å². The van der Waals surface area contributed by atoms with Crippen LogP contribution in [0.1, 0.15) is 0 Å². The first-order valence-corrected chi connectivity index (χ1v) is 6.73. The van der Waals surface area contributed by atoms with Gasteiger partial charge in [0.1, 0.15) is 18.0 Å². The Morgan fingerprint density at radius 1 is 1.20 bits per heavy atom. The summed E-state index contributed by atoms with van der Waals surface area (Å²) in [4.78, 5) is 8.14. The van der Waals surface area contributed by atoms with Crippen molar-refractivity contribution in [1.82, 2.24) is 19.7 Å². The summed E-state index contributed by atoms with van der Waals surface area (Å²) in [5.41, 5.74) is 7.20. The van der Waals surface area contributed by atoms with Crippen LogP contribution >= 0.6 is 11.3 Å². The predicted molar refractivity (Wildman–Crippen MR) is 76.4 cm³/mol. The van der Waals surface area contributed by atoms with Gasteiger partial charge in [0.2, 0.25) is 0 Å². The molecule has 4 aromatic rings. The van der Waals surface area contributed by atoms with Crippen LogP contribution < -0.4 is 5.73 Å². The number of hydrogen-bond donors (Lipinski definition) is 1. The molecule has 3 aromatic heterocycles. The molecule has 0 amide bonds. The number of rotatable bonds is 1. The zero-order chi connectivity index (χ0) is 13.7. The normalized spacial score (nSPS) is 11.4. The Kier molecular flexibility index (Phi) is 2.25. The molecule has 0 fully saturated rings. The minimum absolute atomic E-state index is 0.275. The van der Waals surface area contributed by atoms with Gasteiger partial charge in [-0.2, -0.15) is 5.10 Å². The van der Waals surface area contributed by atoms with E-state index in [0.29, 0.717) is 16.9 Å². The van der Waals surface area contributed by atoms with Gasteiger partial charge in [-0.15, -0.1) is 11.3 Å². The molecule has 0 radical (unpaired) electrons. The Morgan fingerprint density at radius 2 is 2.10 bits per heavy atom. The van der Waals surface area contributed by atoms with Crippen molar-refractivity contribution in [3.8, 4) is 5.69 Å². The zero-order valence-corrected chi connectivity index (χ0v) is 10.9. The van der Waals surface area contributed by atoms with Gasteiger partial charge in [-0.25, -0.2) is 19.0 Å². The molecule has 1 aromatic carbocycles. The lowest BCUT2D eigenvalue weighted by molar-refractivity contribution is 0.629. The lowest BCUT2D eigenvalue weighted by atomic mass is 10.2. The number of anilines is 1. The molecule has 5 nitrogen and oxygen atoms in total. The molecule has 0 bridgehead atoms. The lowest BCUT2D eigenvalue weighted by Gasteiger charge is -2.01. The molecule has 0 aliphatic heterocycles. The van der Waals surface area contributed by atoms with Crippen molar-refractivity contribution in [3.63, 3.8) is 0 Å². The summed E-state index contributed by atoms with van der Waals surface area (Å²) in [7, 11) is 0. The second-order valence-corrected chi connectivity index (χ2v) is 5.23. The average Bonchev–Trinajstić information content (AvgIpc) is 3.02. The molecular weight excluding hydrogens is 277 g/mol. The van der Waals surface area contributed by atoms with E-state index in [2.05, 4.69) is 15.1 Å². The van der Waals surface area contributed by atoms with Gasteiger partial charge in [-0.3, -0.25) is 0 Å². The minimum Gasteiger partial charge on any atom is -0.383 e. The van der Waals surface area contributed by atoms with Gasteiger partial charge in [0.25, 0.3) is 0 Å². The summed E-state index contributed by atoms with van der Waals surface area (Å²) in [6, 6.07) is 4.71. The van der Waals surface area contributed by atoms with Crippen LogP contribution in [0, 0.1) is 5.82 Å². The number of thiophene rings is 1. The van der Waals surface area contributed by atoms with Gasteiger partial charge in [0.05, 0.1) is 17.3 Å². The summed E-state index contributed by atoms with van der Waals surface area (Å²) < 4.78 is 16.1. The van der Waals surface area contributed by atoms with Crippen LogP contribution in [0.5, 0.6) is 0 Å². The Morgan fingerprint density at radius 3 is 3.00 bits per heavy atom. The summed E-state index contributed by atoms with van der Waals surface area (Å²) in [6.07, 6.45) is 3.01. The first kappa shape index (κ1) is 11.3. The average molecular weight is 285 g/mol. The van der Waals surface area contributed by atoms with E-state index in [1.165, 1.54) is 29.8 Å². The van der Waals surface area contributed by atoms with E-state index < -0.39 is 0 Å². The van der Waals surface area contributed by atoms with E-state index in [0.717, 1.165) is 15.8 Å². The molecule has 2 N–H and O–H groups in total. The van der Waals surface area contributed by atoms with Crippen LogP contribution in [0.2, 0.25) is 0 Å². The third-order valence-electron chi connectivity index (χ3n) is 3.14. The Hall–Kier alpha value is -2.54. The first-order valence-electron chi connectivity index (χ1n) is 5.85. The largest absolute Gasteiger partial charge is 0.383 e. The molecule has 3 heterocycles. The third-order valence-corrected chi connectivity index (χ3v) is 4.09. The van der Waals surface area contributed by atoms with Crippen molar-refractivity contribution in [2.24, 2.45) is 0 Å². The third kappa shape index (κ3) is 1.50. The molecule has 0 spiro atoms. The number of aromatic nitrogens is 4. The van der Waals surface area contributed by atoms with E-state index >= 15 is 0 Å². The Balaban J connectivity index is 2.06. The van der Waals surface area contributed by atoms with Crippen molar-refractivity contribution in [2.45, 2.75) is 0 Å². The highest BCUT2D eigenvalue weighted by Crippen LogP contribution is 2.31. The molecule has 4 rings (SSSR count). The fourth-order valence-electron chi connectivity index (χ4n) is 2.19. The van der Waals surface area contributed by atoms with Crippen LogP contribution in [0.3, 0.4) is 0 Å². The van der Waals surface area contributed by atoms with Crippen LogP contribution in [0.4, 0.5) is 10.2 Å². The molecule has 0 unspecified atom stereocenters. The molecule has 7 heteroatoms. The maximum atomic E-state index is 13.4. The molecule has 98 valence electrons. The molecule has 0 saturated carbocycles. The summed E-state index contributed by atoms with van der Waals surface area (Å²) in [6.45, 7) is 0. The Bertz CT molecular complexity index is 939. The number of nitrogens with zero attached hydrogens (tertiary/aromatic N) is 4. The summed E-state index contributed by atoms with van der Waals surface area (Å²) in [5.74, 6) is 0.106. The number of benzene rings is 1. The fraction of sp³-hybridized carbons (Fsp3) is 0. The van der Waals surface area contributed by atoms with Gasteiger partial charge in [0.15, 0.2) is 5.65 Å². The number of nitrogens with two attached hydrogens (primary N) is 1. The van der Waals surface area contributed by atoms with E-state index in [9.17, 15) is 4.39 Å². The highest BCUT2D eigenvalue weighted by atomic mass is 32.1. The number of hydrogen-bond acceptors (Lipinski definition) is 5. The van der Waals surface area contributed by atoms with Gasteiger partial charge in [0, 0.05) is 15.5 Å². The number of fused-ring (bicyclic) bond motifs is 2. The van der Waals surface area contributed by atoms with E-state index in [1.807, 2.05) is 5.38 Å². The van der Waals surface area contributed by atoms with E-state index in [-0.39, 0.29) is 5.82 Å². The lowest BCUT2D eigenvalue weighted by Crippen LogP contribution is -1.98. The minimum atomic E-state index is -0.275. The van der Waals surface area contributed by atoms with Gasteiger partial charge in [-0.1, -0.05) is 0 Å².